The summed E-state index contributed by atoms with van der Waals surface area (Å²) in [7, 11) is 3.22. The Morgan fingerprint density at radius 3 is 2.09 bits per heavy atom. The molecule has 5 rings (SSSR count). The molecule has 1 aliphatic rings. The summed E-state index contributed by atoms with van der Waals surface area (Å²) in [4.78, 5) is 11.3. The van der Waals surface area contributed by atoms with Gasteiger partial charge in [0, 0.05) is 40.3 Å². The highest BCUT2D eigenvalue weighted by Gasteiger charge is 2.35. The van der Waals surface area contributed by atoms with E-state index in [4.69, 9.17) is 14.2 Å². The van der Waals surface area contributed by atoms with E-state index in [2.05, 4.69) is 0 Å². The number of fused-ring (bicyclic) bond motifs is 1. The summed E-state index contributed by atoms with van der Waals surface area (Å²) in [5, 5.41) is 11.7. The topological polar surface area (TPSA) is 70.8 Å². The van der Waals surface area contributed by atoms with Gasteiger partial charge in [-0.2, -0.15) is 0 Å². The monoisotopic (exact) mass is 465 g/mol. The van der Waals surface area contributed by atoms with Crippen molar-refractivity contribution < 1.29 is 19.1 Å². The van der Waals surface area contributed by atoms with Crippen molar-refractivity contribution >= 4 is 17.0 Å². The number of hydrogen-bond acceptors (Lipinski definition) is 5. The number of non-ortho nitro benzene ring substituents is 1. The first kappa shape index (κ1) is 22.2. The maximum Gasteiger partial charge on any atom is 0.270 e. The van der Waals surface area contributed by atoms with Gasteiger partial charge in [0.25, 0.3) is 5.69 Å². The number of nitro groups is 1. The number of nitrogens with zero attached hydrogens (tertiary/aromatic N) is 1. The van der Waals surface area contributed by atoms with Gasteiger partial charge in [-0.05, 0) is 29.8 Å². The highest BCUT2D eigenvalue weighted by atomic mass is 16.6. The average Bonchev–Trinajstić information content (AvgIpc) is 2.92. The van der Waals surface area contributed by atoms with E-state index < -0.39 is 10.8 Å². The van der Waals surface area contributed by atoms with Crippen molar-refractivity contribution in [1.29, 1.82) is 0 Å². The van der Waals surface area contributed by atoms with Gasteiger partial charge in [0.05, 0.1) is 19.1 Å². The largest absolute Gasteiger partial charge is 0.497 e. The first-order chi connectivity index (χ1) is 17.1. The Morgan fingerprint density at radius 2 is 1.46 bits per heavy atom. The van der Waals surface area contributed by atoms with Crippen LogP contribution in [-0.4, -0.2) is 19.1 Å². The summed E-state index contributed by atoms with van der Waals surface area (Å²) in [5.41, 5.74) is 4.24. The maximum atomic E-state index is 11.7. The normalized spacial score (nSPS) is 14.6. The molecule has 0 fully saturated rings. The van der Waals surface area contributed by atoms with Gasteiger partial charge >= 0.3 is 0 Å². The van der Waals surface area contributed by atoms with Crippen molar-refractivity contribution in [1.82, 2.24) is 0 Å². The van der Waals surface area contributed by atoms with Crippen LogP contribution in [-0.2, 0) is 0 Å². The lowest BCUT2D eigenvalue weighted by atomic mass is 9.77. The maximum absolute atomic E-state index is 11.7. The molecule has 6 nitrogen and oxygen atoms in total. The first-order valence-corrected chi connectivity index (χ1v) is 11.1. The van der Waals surface area contributed by atoms with Crippen LogP contribution in [0.5, 0.6) is 17.2 Å². The molecule has 1 heterocycles. The van der Waals surface area contributed by atoms with E-state index in [1.54, 1.807) is 26.4 Å². The molecule has 0 saturated heterocycles. The van der Waals surface area contributed by atoms with Crippen LogP contribution in [0.4, 0.5) is 5.69 Å². The van der Waals surface area contributed by atoms with Crippen molar-refractivity contribution in [3.05, 3.63) is 129 Å². The number of nitro benzene ring substituents is 1. The molecule has 0 N–H and O–H groups in total. The standard InChI is InChI=1S/C29H23NO5/c1-33-22-14-16-25(34-2)24(18-22)28-23-17-21(30(31)32)13-15-26(23)35-29(20-11-7-4-8-12-20)27(28)19-9-5-3-6-10-19/h3-18,28H,1-2H3. The number of rotatable bonds is 6. The predicted molar refractivity (Wildman–Crippen MR) is 135 cm³/mol. The highest BCUT2D eigenvalue weighted by Crippen LogP contribution is 2.52. The quantitative estimate of drug-likeness (QED) is 0.234. The molecule has 4 aromatic rings. The summed E-state index contributed by atoms with van der Waals surface area (Å²) >= 11 is 0. The zero-order valence-electron chi connectivity index (χ0n) is 19.3. The second-order valence-corrected chi connectivity index (χ2v) is 8.10. The van der Waals surface area contributed by atoms with Crippen LogP contribution in [0.25, 0.3) is 11.3 Å². The average molecular weight is 466 g/mol. The third-order valence-corrected chi connectivity index (χ3v) is 6.13. The molecule has 35 heavy (non-hydrogen) atoms. The van der Waals surface area contributed by atoms with Gasteiger partial charge in [-0.15, -0.1) is 0 Å². The third kappa shape index (κ3) is 4.10. The van der Waals surface area contributed by atoms with E-state index in [9.17, 15) is 10.1 Å². The van der Waals surface area contributed by atoms with Gasteiger partial charge in [0.1, 0.15) is 23.0 Å². The SMILES string of the molecule is COc1ccc(OC)c(C2C(c3ccccc3)=C(c3ccccc3)Oc3ccc([N+](=O)[O-])cc32)c1. The van der Waals surface area contributed by atoms with Gasteiger partial charge in [-0.1, -0.05) is 60.7 Å². The van der Waals surface area contributed by atoms with Crippen LogP contribution in [0, 0.1) is 10.1 Å². The second-order valence-electron chi connectivity index (χ2n) is 8.10. The molecule has 0 saturated carbocycles. The van der Waals surface area contributed by atoms with Crippen molar-refractivity contribution in [3.63, 3.8) is 0 Å². The molecule has 6 heteroatoms. The fourth-order valence-corrected chi connectivity index (χ4v) is 4.53. The lowest BCUT2D eigenvalue weighted by Crippen LogP contribution is -2.17. The summed E-state index contributed by atoms with van der Waals surface area (Å²) in [6.45, 7) is 0. The Morgan fingerprint density at radius 1 is 0.771 bits per heavy atom. The molecule has 1 atom stereocenters. The number of ether oxygens (including phenoxy) is 3. The Hall–Kier alpha value is -4.58. The van der Waals surface area contributed by atoms with Crippen molar-refractivity contribution in [3.8, 4) is 17.2 Å². The predicted octanol–water partition coefficient (Wildman–Crippen LogP) is 6.70. The highest BCUT2D eigenvalue weighted by molar-refractivity contribution is 5.96. The van der Waals surface area contributed by atoms with Crippen molar-refractivity contribution in [2.24, 2.45) is 0 Å². The minimum atomic E-state index is -0.415. The lowest BCUT2D eigenvalue weighted by Gasteiger charge is -2.32. The molecule has 1 unspecified atom stereocenters. The molecule has 174 valence electrons. The molecule has 0 spiro atoms. The van der Waals surface area contributed by atoms with Gasteiger partial charge in [-0.25, -0.2) is 0 Å². The van der Waals surface area contributed by atoms with Crippen LogP contribution >= 0.6 is 0 Å². The Labute approximate surface area is 203 Å². The van der Waals surface area contributed by atoms with E-state index in [0.29, 0.717) is 28.6 Å². The Bertz CT molecular complexity index is 1410. The van der Waals surface area contributed by atoms with Crippen molar-refractivity contribution in [2.75, 3.05) is 14.2 Å². The first-order valence-electron chi connectivity index (χ1n) is 11.1. The van der Waals surface area contributed by atoms with Gasteiger partial charge < -0.3 is 14.2 Å². The van der Waals surface area contributed by atoms with E-state index in [-0.39, 0.29) is 5.69 Å². The molecule has 0 amide bonds. The zero-order valence-corrected chi connectivity index (χ0v) is 19.3. The van der Waals surface area contributed by atoms with Crippen molar-refractivity contribution in [2.45, 2.75) is 5.92 Å². The second kappa shape index (κ2) is 9.35. The molecule has 0 aromatic heterocycles. The van der Waals surface area contributed by atoms with Crippen LogP contribution in [0.1, 0.15) is 28.2 Å². The molecule has 0 aliphatic carbocycles. The third-order valence-electron chi connectivity index (χ3n) is 6.13. The van der Waals surface area contributed by atoms with E-state index in [1.165, 1.54) is 6.07 Å². The van der Waals surface area contributed by atoms with Crippen LogP contribution in [0.15, 0.2) is 97.1 Å². The summed E-state index contributed by atoms with van der Waals surface area (Å²) < 4.78 is 17.8. The van der Waals surface area contributed by atoms with Crippen LogP contribution < -0.4 is 14.2 Å². The number of benzene rings is 4. The molecule has 0 radical (unpaired) electrons. The van der Waals surface area contributed by atoms with Crippen LogP contribution in [0.2, 0.25) is 0 Å². The number of hydrogen-bond donors (Lipinski definition) is 0. The van der Waals surface area contributed by atoms with Gasteiger partial charge in [0.15, 0.2) is 0 Å². The van der Waals surface area contributed by atoms with Crippen LogP contribution in [0.3, 0.4) is 0 Å². The minimum absolute atomic E-state index is 0.00483. The summed E-state index contributed by atoms with van der Waals surface area (Å²) in [6.07, 6.45) is 0. The van der Waals surface area contributed by atoms with E-state index in [0.717, 1.165) is 22.3 Å². The lowest BCUT2D eigenvalue weighted by molar-refractivity contribution is -0.384. The number of allylic oxidation sites excluding steroid dienone is 1. The molecular formula is C29H23NO5. The van der Waals surface area contributed by atoms with Gasteiger partial charge in [-0.3, -0.25) is 10.1 Å². The molecule has 4 aromatic carbocycles. The minimum Gasteiger partial charge on any atom is -0.497 e. The Balaban J connectivity index is 1.88. The smallest absolute Gasteiger partial charge is 0.270 e. The number of methoxy groups -OCH3 is 2. The zero-order chi connectivity index (χ0) is 24.4. The fraction of sp³-hybridized carbons (Fsp3) is 0.103. The molecular weight excluding hydrogens is 442 g/mol. The Kier molecular flexibility index (Phi) is 5.94. The summed E-state index contributed by atoms with van der Waals surface area (Å²) in [6, 6.07) is 30.1. The van der Waals surface area contributed by atoms with E-state index >= 15 is 0 Å². The van der Waals surface area contributed by atoms with E-state index in [1.807, 2.05) is 78.9 Å². The molecule has 1 aliphatic heterocycles. The fourth-order valence-electron chi connectivity index (χ4n) is 4.53. The van der Waals surface area contributed by atoms with Gasteiger partial charge in [0.2, 0.25) is 0 Å². The molecule has 0 bridgehead atoms. The summed E-state index contributed by atoms with van der Waals surface area (Å²) in [5.74, 6) is 2.14.